The van der Waals surface area contributed by atoms with Crippen molar-refractivity contribution in [3.05, 3.63) is 87.5 Å². The van der Waals surface area contributed by atoms with Crippen molar-refractivity contribution in [1.82, 2.24) is 24.4 Å². The number of fused-ring (bicyclic) bond motifs is 1. The minimum atomic E-state index is -0.283. The molecule has 4 aromatic heterocycles. The topological polar surface area (TPSA) is 106 Å². The van der Waals surface area contributed by atoms with Crippen molar-refractivity contribution < 1.29 is 18.6 Å². The quantitative estimate of drug-likeness (QED) is 0.308. The zero-order valence-corrected chi connectivity index (χ0v) is 21.4. The van der Waals surface area contributed by atoms with E-state index < -0.39 is 0 Å². The van der Waals surface area contributed by atoms with Gasteiger partial charge in [0.1, 0.15) is 5.69 Å². The molecule has 0 radical (unpaired) electrons. The summed E-state index contributed by atoms with van der Waals surface area (Å²) in [6.45, 7) is 0. The van der Waals surface area contributed by atoms with E-state index in [1.54, 1.807) is 35.2 Å². The van der Waals surface area contributed by atoms with Gasteiger partial charge in [-0.1, -0.05) is 29.5 Å². The van der Waals surface area contributed by atoms with Crippen LogP contribution in [0.25, 0.3) is 39.6 Å². The van der Waals surface area contributed by atoms with Crippen molar-refractivity contribution in [3.8, 4) is 45.8 Å². The number of ether oxygens (including phenoxy) is 3. The van der Waals surface area contributed by atoms with Crippen LogP contribution < -0.4 is 24.3 Å². The van der Waals surface area contributed by atoms with Gasteiger partial charge in [0.05, 0.1) is 37.8 Å². The lowest BCUT2D eigenvalue weighted by Gasteiger charge is -2.12. The molecule has 10 nitrogen and oxygen atoms in total. The van der Waals surface area contributed by atoms with Crippen LogP contribution in [0.15, 0.2) is 76.3 Å². The molecule has 6 rings (SSSR count). The third kappa shape index (κ3) is 3.98. The predicted molar refractivity (Wildman–Crippen MR) is 142 cm³/mol. The van der Waals surface area contributed by atoms with Crippen LogP contribution >= 0.6 is 11.3 Å². The largest absolute Gasteiger partial charge is 0.493 e. The van der Waals surface area contributed by atoms with E-state index in [1.807, 2.05) is 42.6 Å². The molecule has 0 saturated carbocycles. The molecule has 0 N–H and O–H groups in total. The molecule has 6 aromatic rings. The summed E-state index contributed by atoms with van der Waals surface area (Å²) in [4.78, 5) is 18.4. The highest BCUT2D eigenvalue weighted by Gasteiger charge is 2.19. The number of methoxy groups -OCH3 is 3. The SMILES string of the molecule is COc1cc(-c2nc3sc(=Cc4cn(-c5ccccc5)nc4-c4ccco4)c(=O)n3n2)cc(OC)c1OC. The van der Waals surface area contributed by atoms with Crippen LogP contribution in [-0.4, -0.2) is 45.7 Å². The molecule has 0 aliphatic rings. The molecule has 2 aromatic carbocycles. The number of hydrogen-bond acceptors (Lipinski definition) is 9. The molecule has 0 fully saturated rings. The number of aromatic nitrogens is 5. The van der Waals surface area contributed by atoms with E-state index in [-0.39, 0.29) is 5.56 Å². The molecule has 0 aliphatic heterocycles. The molecule has 0 bridgehead atoms. The van der Waals surface area contributed by atoms with Gasteiger partial charge in [-0.05, 0) is 42.5 Å². The summed E-state index contributed by atoms with van der Waals surface area (Å²) in [5, 5.41) is 9.18. The first kappa shape index (κ1) is 23.5. The van der Waals surface area contributed by atoms with E-state index in [9.17, 15) is 4.79 Å². The summed E-state index contributed by atoms with van der Waals surface area (Å²) < 4.78 is 25.4. The van der Waals surface area contributed by atoms with Gasteiger partial charge in [-0.25, -0.2) is 4.68 Å². The Morgan fingerprint density at radius 1 is 0.947 bits per heavy atom. The van der Waals surface area contributed by atoms with E-state index in [4.69, 9.17) is 23.7 Å². The van der Waals surface area contributed by atoms with Gasteiger partial charge in [-0.15, -0.1) is 5.10 Å². The Labute approximate surface area is 219 Å². The van der Waals surface area contributed by atoms with Crippen molar-refractivity contribution in [1.29, 1.82) is 0 Å². The monoisotopic (exact) mass is 527 g/mol. The molecule has 0 aliphatic carbocycles. The van der Waals surface area contributed by atoms with Crippen LogP contribution in [0.1, 0.15) is 5.56 Å². The first-order valence-electron chi connectivity index (χ1n) is 11.5. The van der Waals surface area contributed by atoms with Crippen LogP contribution in [-0.2, 0) is 0 Å². The van der Waals surface area contributed by atoms with E-state index >= 15 is 0 Å². The zero-order valence-electron chi connectivity index (χ0n) is 20.6. The Morgan fingerprint density at radius 2 is 1.71 bits per heavy atom. The highest BCUT2D eigenvalue weighted by Crippen LogP contribution is 2.40. The van der Waals surface area contributed by atoms with Crippen molar-refractivity contribution in [2.24, 2.45) is 0 Å². The maximum absolute atomic E-state index is 13.3. The highest BCUT2D eigenvalue weighted by atomic mass is 32.1. The molecule has 0 atom stereocenters. The minimum absolute atomic E-state index is 0.283. The van der Waals surface area contributed by atoms with E-state index in [0.29, 0.717) is 49.6 Å². The number of thiazole rings is 1. The number of para-hydroxylation sites is 1. The summed E-state index contributed by atoms with van der Waals surface area (Å²) >= 11 is 1.24. The number of rotatable bonds is 7. The molecule has 190 valence electrons. The van der Waals surface area contributed by atoms with E-state index in [0.717, 1.165) is 11.3 Å². The van der Waals surface area contributed by atoms with Gasteiger partial charge in [-0.2, -0.15) is 14.6 Å². The Kier molecular flexibility index (Phi) is 5.89. The van der Waals surface area contributed by atoms with Crippen molar-refractivity contribution in [3.63, 3.8) is 0 Å². The first-order valence-corrected chi connectivity index (χ1v) is 12.3. The summed E-state index contributed by atoms with van der Waals surface area (Å²) in [5.74, 6) is 2.37. The second-order valence-electron chi connectivity index (χ2n) is 8.15. The molecule has 0 spiro atoms. The van der Waals surface area contributed by atoms with Crippen LogP contribution in [0.2, 0.25) is 0 Å². The molecule has 38 heavy (non-hydrogen) atoms. The van der Waals surface area contributed by atoms with Crippen molar-refractivity contribution in [2.75, 3.05) is 21.3 Å². The lowest BCUT2D eigenvalue weighted by molar-refractivity contribution is 0.324. The molecule has 0 saturated heterocycles. The first-order chi connectivity index (χ1) is 18.6. The standard InChI is InChI=1S/C27H21N5O5S/c1-34-20-12-16(13-21(35-2)24(20)36-3)25-28-27-32(30-25)26(33)22(38-27)14-17-15-31(18-8-5-4-6-9-18)29-23(17)19-10-7-11-37-19/h4-15H,1-3H3. The van der Waals surface area contributed by atoms with Gasteiger partial charge >= 0.3 is 0 Å². The smallest absolute Gasteiger partial charge is 0.291 e. The predicted octanol–water partition coefficient (Wildman–Crippen LogP) is 3.84. The third-order valence-corrected chi connectivity index (χ3v) is 6.87. The second-order valence-corrected chi connectivity index (χ2v) is 9.16. The number of nitrogens with zero attached hydrogens (tertiary/aromatic N) is 5. The van der Waals surface area contributed by atoms with Crippen molar-refractivity contribution in [2.45, 2.75) is 0 Å². The molecular weight excluding hydrogens is 506 g/mol. The van der Waals surface area contributed by atoms with Gasteiger partial charge < -0.3 is 18.6 Å². The summed E-state index contributed by atoms with van der Waals surface area (Å²) in [6, 6.07) is 16.8. The zero-order chi connectivity index (χ0) is 26.2. The maximum atomic E-state index is 13.3. The van der Waals surface area contributed by atoms with Gasteiger partial charge in [0.2, 0.25) is 10.7 Å². The van der Waals surface area contributed by atoms with Crippen molar-refractivity contribution >= 4 is 22.4 Å². The van der Waals surface area contributed by atoms with Gasteiger partial charge in [0.25, 0.3) is 5.56 Å². The van der Waals surface area contributed by atoms with Gasteiger partial charge in [-0.3, -0.25) is 4.79 Å². The van der Waals surface area contributed by atoms with E-state index in [2.05, 4.69) is 10.1 Å². The fourth-order valence-corrected chi connectivity index (χ4v) is 5.02. The fourth-order valence-electron chi connectivity index (χ4n) is 4.12. The van der Waals surface area contributed by atoms with Gasteiger partial charge in [0.15, 0.2) is 23.1 Å². The van der Waals surface area contributed by atoms with E-state index in [1.165, 1.54) is 37.2 Å². The van der Waals surface area contributed by atoms with Crippen LogP contribution in [0.3, 0.4) is 0 Å². The molecular formula is C27H21N5O5S. The fraction of sp³-hybridized carbons (Fsp3) is 0.111. The van der Waals surface area contributed by atoms with Crippen LogP contribution in [0, 0.1) is 0 Å². The third-order valence-electron chi connectivity index (χ3n) is 5.91. The summed E-state index contributed by atoms with van der Waals surface area (Å²) in [7, 11) is 4.61. The lowest BCUT2D eigenvalue weighted by Crippen LogP contribution is -2.23. The summed E-state index contributed by atoms with van der Waals surface area (Å²) in [6.07, 6.45) is 5.24. The molecule has 0 amide bonds. The Balaban J connectivity index is 1.45. The maximum Gasteiger partial charge on any atom is 0.291 e. The van der Waals surface area contributed by atoms with Crippen LogP contribution in [0.4, 0.5) is 0 Å². The number of hydrogen-bond donors (Lipinski definition) is 0. The number of furan rings is 1. The molecule has 4 heterocycles. The summed E-state index contributed by atoms with van der Waals surface area (Å²) in [5.41, 5.74) is 2.59. The average molecular weight is 528 g/mol. The highest BCUT2D eigenvalue weighted by molar-refractivity contribution is 7.15. The Morgan fingerprint density at radius 3 is 2.34 bits per heavy atom. The Hall–Kier alpha value is -4.90. The second kappa shape index (κ2) is 9.52. The normalized spacial score (nSPS) is 11.8. The molecule has 0 unspecified atom stereocenters. The molecule has 11 heteroatoms. The van der Waals surface area contributed by atoms with Gasteiger partial charge in [0, 0.05) is 17.3 Å². The number of benzene rings is 2. The average Bonchev–Trinajstić information content (AvgIpc) is 3.75. The minimum Gasteiger partial charge on any atom is -0.493 e. The lowest BCUT2D eigenvalue weighted by atomic mass is 10.1. The Bertz CT molecular complexity index is 1830. The van der Waals surface area contributed by atoms with Crippen LogP contribution in [0.5, 0.6) is 17.2 Å².